The Balaban J connectivity index is 2.39. The molecule has 0 saturated carbocycles. The Labute approximate surface area is 104 Å². The van der Waals surface area contributed by atoms with Crippen LogP contribution >= 0.6 is 0 Å². The number of benzene rings is 1. The highest BCUT2D eigenvalue weighted by Gasteiger charge is 2.14. The molecule has 0 aromatic heterocycles. The summed E-state index contributed by atoms with van der Waals surface area (Å²) in [6.45, 7) is 5.02. The molecule has 6 nitrogen and oxygen atoms in total. The zero-order chi connectivity index (χ0) is 13.5. The molecule has 0 aliphatic heterocycles. The first kappa shape index (κ1) is 14.0. The standard InChI is InChI=1S/C12H14O6/c1-8(2)15-12(14)17-18-16-11(13)10-7-5-4-6-9(10)3/h4-8H,1-3H3. The molecular formula is C12H14O6. The fourth-order valence-corrected chi connectivity index (χ4v) is 1.13. The molecule has 0 N–H and O–H groups in total. The molecule has 0 unspecified atom stereocenters. The summed E-state index contributed by atoms with van der Waals surface area (Å²) in [5, 5.41) is 4.04. The molecule has 98 valence electrons. The lowest BCUT2D eigenvalue weighted by Gasteiger charge is -2.06. The molecule has 18 heavy (non-hydrogen) atoms. The van der Waals surface area contributed by atoms with E-state index in [1.54, 1.807) is 45.0 Å². The van der Waals surface area contributed by atoms with Crippen LogP contribution in [0.2, 0.25) is 0 Å². The summed E-state index contributed by atoms with van der Waals surface area (Å²) in [7, 11) is 0. The summed E-state index contributed by atoms with van der Waals surface area (Å²) in [6.07, 6.45) is -1.43. The van der Waals surface area contributed by atoms with Gasteiger partial charge in [-0.15, -0.1) is 0 Å². The van der Waals surface area contributed by atoms with Gasteiger partial charge in [0.25, 0.3) is 0 Å². The predicted octanol–water partition coefficient (Wildman–Crippen LogP) is 2.56. The Morgan fingerprint density at radius 2 is 1.78 bits per heavy atom. The van der Waals surface area contributed by atoms with E-state index in [1.807, 2.05) is 0 Å². The Hall–Kier alpha value is -2.08. The van der Waals surface area contributed by atoms with E-state index in [0.29, 0.717) is 5.56 Å². The summed E-state index contributed by atoms with van der Waals surface area (Å²) < 4.78 is 4.58. The number of ether oxygens (including phenoxy) is 1. The minimum absolute atomic E-state index is 0.318. The summed E-state index contributed by atoms with van der Waals surface area (Å²) in [5.41, 5.74) is 1.04. The van der Waals surface area contributed by atoms with Crippen LogP contribution < -0.4 is 0 Å². The van der Waals surface area contributed by atoms with Gasteiger partial charge in [0.1, 0.15) is 0 Å². The van der Waals surface area contributed by atoms with E-state index in [4.69, 9.17) is 0 Å². The van der Waals surface area contributed by atoms with Crippen molar-refractivity contribution in [2.45, 2.75) is 26.9 Å². The van der Waals surface area contributed by atoms with Crippen LogP contribution in [0.3, 0.4) is 0 Å². The van der Waals surface area contributed by atoms with Crippen molar-refractivity contribution in [1.29, 1.82) is 0 Å². The first-order chi connectivity index (χ1) is 8.50. The Morgan fingerprint density at radius 3 is 2.39 bits per heavy atom. The van der Waals surface area contributed by atoms with E-state index in [1.165, 1.54) is 0 Å². The molecule has 0 radical (unpaired) electrons. The van der Waals surface area contributed by atoms with Crippen LogP contribution in [0.4, 0.5) is 4.79 Å². The van der Waals surface area contributed by atoms with Crippen molar-refractivity contribution in [2.75, 3.05) is 0 Å². The molecule has 0 bridgehead atoms. The number of hydrogen-bond donors (Lipinski definition) is 0. The predicted molar refractivity (Wildman–Crippen MR) is 60.4 cm³/mol. The second-order valence-corrected chi connectivity index (χ2v) is 3.75. The van der Waals surface area contributed by atoms with Gasteiger partial charge >= 0.3 is 12.1 Å². The van der Waals surface area contributed by atoms with Crippen molar-refractivity contribution in [1.82, 2.24) is 0 Å². The molecule has 0 saturated heterocycles. The Bertz CT molecular complexity index is 426. The first-order valence-corrected chi connectivity index (χ1v) is 5.32. The molecule has 1 rings (SSSR count). The van der Waals surface area contributed by atoms with Gasteiger partial charge in [-0.2, -0.15) is 0 Å². The third kappa shape index (κ3) is 4.42. The van der Waals surface area contributed by atoms with Crippen LogP contribution in [0.5, 0.6) is 0 Å². The van der Waals surface area contributed by atoms with Crippen molar-refractivity contribution in [3.8, 4) is 0 Å². The van der Waals surface area contributed by atoms with Crippen molar-refractivity contribution in [3.05, 3.63) is 35.4 Å². The lowest BCUT2D eigenvalue weighted by molar-refractivity contribution is -0.452. The molecule has 1 aromatic rings. The van der Waals surface area contributed by atoms with Crippen molar-refractivity contribution in [2.24, 2.45) is 0 Å². The summed E-state index contributed by atoms with van der Waals surface area (Å²) in [5.74, 6) is -0.759. The fraction of sp³-hybridized carbons (Fsp3) is 0.333. The van der Waals surface area contributed by atoms with Crippen LogP contribution in [0.15, 0.2) is 24.3 Å². The molecule has 0 atom stereocenters. The third-order valence-electron chi connectivity index (χ3n) is 1.91. The van der Waals surface area contributed by atoms with Crippen molar-refractivity contribution in [3.63, 3.8) is 0 Å². The zero-order valence-corrected chi connectivity index (χ0v) is 10.3. The lowest BCUT2D eigenvalue weighted by Crippen LogP contribution is -2.15. The molecule has 0 heterocycles. The molecule has 0 amide bonds. The lowest BCUT2D eigenvalue weighted by atomic mass is 10.1. The van der Waals surface area contributed by atoms with Gasteiger partial charge in [-0.05, 0) is 32.4 Å². The van der Waals surface area contributed by atoms with E-state index in [0.717, 1.165) is 5.56 Å². The molecule has 0 spiro atoms. The van der Waals surface area contributed by atoms with E-state index >= 15 is 0 Å². The van der Waals surface area contributed by atoms with Gasteiger partial charge in [0.15, 0.2) is 0 Å². The van der Waals surface area contributed by atoms with Crippen molar-refractivity contribution >= 4 is 12.1 Å². The second-order valence-electron chi connectivity index (χ2n) is 3.75. The van der Waals surface area contributed by atoms with Gasteiger partial charge in [0, 0.05) is 0 Å². The molecule has 0 aliphatic carbocycles. The normalized spacial score (nSPS) is 10.0. The van der Waals surface area contributed by atoms with Gasteiger partial charge in [0.05, 0.1) is 16.7 Å². The maximum atomic E-state index is 11.5. The van der Waals surface area contributed by atoms with Gasteiger partial charge in [-0.1, -0.05) is 18.2 Å². The molecule has 1 aromatic carbocycles. The van der Waals surface area contributed by atoms with Gasteiger partial charge < -0.3 is 4.74 Å². The second kappa shape index (κ2) is 6.61. The van der Waals surface area contributed by atoms with Crippen LogP contribution in [0.1, 0.15) is 29.8 Å². The third-order valence-corrected chi connectivity index (χ3v) is 1.91. The van der Waals surface area contributed by atoms with Crippen LogP contribution in [0.25, 0.3) is 0 Å². The SMILES string of the molecule is Cc1ccccc1C(=O)OOOC(=O)OC(C)C. The van der Waals surface area contributed by atoms with E-state index in [2.05, 4.69) is 19.6 Å². The molecular weight excluding hydrogens is 240 g/mol. The van der Waals surface area contributed by atoms with Gasteiger partial charge in [0.2, 0.25) is 0 Å². The molecule has 0 aliphatic rings. The number of hydrogen-bond acceptors (Lipinski definition) is 6. The average molecular weight is 254 g/mol. The average Bonchev–Trinajstić information content (AvgIpc) is 2.28. The summed E-state index contributed by atoms with van der Waals surface area (Å²) in [6, 6.07) is 6.76. The van der Waals surface area contributed by atoms with E-state index in [-0.39, 0.29) is 6.10 Å². The fourth-order valence-electron chi connectivity index (χ4n) is 1.13. The Kier molecular flexibility index (Phi) is 5.13. The highest BCUT2D eigenvalue weighted by Crippen LogP contribution is 2.08. The highest BCUT2D eigenvalue weighted by molar-refractivity contribution is 5.90. The monoisotopic (exact) mass is 254 g/mol. The van der Waals surface area contributed by atoms with E-state index in [9.17, 15) is 9.59 Å². The summed E-state index contributed by atoms with van der Waals surface area (Å²) >= 11 is 0. The molecule has 6 heteroatoms. The largest absolute Gasteiger partial charge is 0.543 e. The topological polar surface area (TPSA) is 71.1 Å². The first-order valence-electron chi connectivity index (χ1n) is 5.32. The van der Waals surface area contributed by atoms with Crippen LogP contribution in [0, 0.1) is 6.92 Å². The summed E-state index contributed by atoms with van der Waals surface area (Å²) in [4.78, 5) is 30.7. The zero-order valence-electron chi connectivity index (χ0n) is 10.3. The quantitative estimate of drug-likeness (QED) is 0.467. The maximum Gasteiger partial charge on any atom is 0.543 e. The van der Waals surface area contributed by atoms with Gasteiger partial charge in [-0.25, -0.2) is 14.5 Å². The van der Waals surface area contributed by atoms with Crippen LogP contribution in [-0.2, 0) is 19.6 Å². The minimum atomic E-state index is -1.08. The number of rotatable bonds is 4. The van der Waals surface area contributed by atoms with Crippen molar-refractivity contribution < 1.29 is 29.1 Å². The minimum Gasteiger partial charge on any atom is -0.430 e. The smallest absolute Gasteiger partial charge is 0.430 e. The van der Waals surface area contributed by atoms with Gasteiger partial charge in [-0.3, -0.25) is 4.89 Å². The molecule has 0 fully saturated rings. The van der Waals surface area contributed by atoms with Crippen LogP contribution in [-0.4, -0.2) is 18.2 Å². The number of carbonyl (C=O) groups excluding carboxylic acids is 2. The number of aryl methyl sites for hydroxylation is 1. The highest BCUT2D eigenvalue weighted by atomic mass is 17.5. The Morgan fingerprint density at radius 1 is 1.11 bits per heavy atom. The van der Waals surface area contributed by atoms with E-state index < -0.39 is 12.1 Å². The number of carbonyl (C=O) groups is 2. The maximum absolute atomic E-state index is 11.5.